The van der Waals surface area contributed by atoms with Gasteiger partial charge in [0.25, 0.3) is 0 Å². The molecule has 0 saturated heterocycles. The predicted octanol–water partition coefficient (Wildman–Crippen LogP) is 2.54. The summed E-state index contributed by atoms with van der Waals surface area (Å²) in [7, 11) is 0. The molecule has 1 aromatic heterocycles. The molecule has 0 atom stereocenters. The van der Waals surface area contributed by atoms with Crippen molar-refractivity contribution in [1.82, 2.24) is 15.2 Å². The molecule has 1 fully saturated rings. The smallest absolute Gasteiger partial charge is 0.317 e. The van der Waals surface area contributed by atoms with Gasteiger partial charge in [-0.25, -0.2) is 9.18 Å². The molecule has 0 unspecified atom stereocenters. The number of nitrogens with zero attached hydrogens (tertiary/aromatic N) is 1. The largest absolute Gasteiger partial charge is 0.358 e. The van der Waals surface area contributed by atoms with Gasteiger partial charge in [0, 0.05) is 47.7 Å². The number of hydrogen-bond acceptors (Lipinski definition) is 1. The van der Waals surface area contributed by atoms with Gasteiger partial charge in [0.1, 0.15) is 5.82 Å². The molecule has 0 bridgehead atoms. The number of halogens is 1. The van der Waals surface area contributed by atoms with E-state index in [0.717, 1.165) is 41.4 Å². The Hall–Kier alpha value is -2.04. The van der Waals surface area contributed by atoms with Crippen LogP contribution in [0.4, 0.5) is 9.18 Å². The van der Waals surface area contributed by atoms with Crippen molar-refractivity contribution >= 4 is 16.9 Å². The van der Waals surface area contributed by atoms with E-state index >= 15 is 0 Å². The molecule has 2 amide bonds. The van der Waals surface area contributed by atoms with Crippen LogP contribution in [-0.4, -0.2) is 28.5 Å². The van der Waals surface area contributed by atoms with E-state index in [0.29, 0.717) is 19.1 Å². The molecule has 4 rings (SSSR count). The quantitative estimate of drug-likeness (QED) is 0.824. The zero-order valence-corrected chi connectivity index (χ0v) is 11.1. The lowest BCUT2D eigenvalue weighted by Crippen LogP contribution is -2.43. The van der Waals surface area contributed by atoms with Crippen molar-refractivity contribution in [1.29, 1.82) is 0 Å². The Labute approximate surface area is 116 Å². The summed E-state index contributed by atoms with van der Waals surface area (Å²) in [5.41, 5.74) is 3.07. The Morgan fingerprint density at radius 3 is 3.05 bits per heavy atom. The third kappa shape index (κ3) is 1.94. The van der Waals surface area contributed by atoms with Crippen LogP contribution in [0.25, 0.3) is 10.9 Å². The van der Waals surface area contributed by atoms with Crippen molar-refractivity contribution in [3.05, 3.63) is 35.3 Å². The van der Waals surface area contributed by atoms with Crippen molar-refractivity contribution in [3.8, 4) is 0 Å². The Balaban J connectivity index is 1.64. The Kier molecular flexibility index (Phi) is 2.49. The van der Waals surface area contributed by atoms with Crippen molar-refractivity contribution in [2.75, 3.05) is 6.54 Å². The van der Waals surface area contributed by atoms with Crippen molar-refractivity contribution in [3.63, 3.8) is 0 Å². The molecule has 4 nitrogen and oxygen atoms in total. The van der Waals surface area contributed by atoms with Crippen LogP contribution in [0.3, 0.4) is 0 Å². The zero-order valence-electron chi connectivity index (χ0n) is 11.1. The molecule has 20 heavy (non-hydrogen) atoms. The number of aromatic nitrogens is 1. The van der Waals surface area contributed by atoms with Crippen molar-refractivity contribution in [2.24, 2.45) is 0 Å². The van der Waals surface area contributed by atoms with E-state index in [1.807, 2.05) is 4.90 Å². The maximum Gasteiger partial charge on any atom is 0.317 e. The summed E-state index contributed by atoms with van der Waals surface area (Å²) in [5, 5.41) is 4.04. The van der Waals surface area contributed by atoms with Gasteiger partial charge in [-0.15, -0.1) is 0 Å². The molecule has 1 aliphatic heterocycles. The number of benzene rings is 1. The fourth-order valence-electron chi connectivity index (χ4n) is 2.86. The average Bonchev–Trinajstić information content (AvgIpc) is 3.17. The summed E-state index contributed by atoms with van der Waals surface area (Å²) in [4.78, 5) is 17.2. The molecule has 2 aromatic rings. The second kappa shape index (κ2) is 4.23. The molecule has 0 spiro atoms. The minimum atomic E-state index is -0.237. The molecule has 5 heteroatoms. The first-order valence-electron chi connectivity index (χ1n) is 7.05. The number of carbonyl (C=O) groups excluding carboxylic acids is 1. The third-order valence-electron chi connectivity index (χ3n) is 4.13. The molecule has 2 aliphatic rings. The topological polar surface area (TPSA) is 48.1 Å². The number of carbonyl (C=O) groups is 1. The van der Waals surface area contributed by atoms with Gasteiger partial charge >= 0.3 is 6.03 Å². The minimum Gasteiger partial charge on any atom is -0.358 e. The number of nitrogens with one attached hydrogen (secondary N) is 2. The minimum absolute atomic E-state index is 0.0228. The highest BCUT2D eigenvalue weighted by atomic mass is 19.1. The fraction of sp³-hybridized carbons (Fsp3) is 0.400. The second-order valence-electron chi connectivity index (χ2n) is 5.67. The van der Waals surface area contributed by atoms with Crippen molar-refractivity contribution in [2.45, 2.75) is 31.8 Å². The Morgan fingerprint density at radius 1 is 1.40 bits per heavy atom. The molecule has 1 aromatic carbocycles. The number of rotatable bonds is 1. The number of hydrogen-bond donors (Lipinski definition) is 2. The number of urea groups is 1. The van der Waals surface area contributed by atoms with Crippen LogP contribution in [0.2, 0.25) is 0 Å². The highest BCUT2D eigenvalue weighted by Gasteiger charge is 2.28. The van der Waals surface area contributed by atoms with Crippen LogP contribution in [0.5, 0.6) is 0 Å². The van der Waals surface area contributed by atoms with Gasteiger partial charge in [-0.2, -0.15) is 0 Å². The van der Waals surface area contributed by atoms with Crippen LogP contribution in [0, 0.1) is 5.82 Å². The van der Waals surface area contributed by atoms with E-state index in [-0.39, 0.29) is 11.8 Å². The van der Waals surface area contributed by atoms with Gasteiger partial charge in [-0.1, -0.05) is 0 Å². The zero-order chi connectivity index (χ0) is 13.7. The molecule has 1 aliphatic carbocycles. The van der Waals surface area contributed by atoms with Crippen LogP contribution in [0.1, 0.15) is 24.1 Å². The summed E-state index contributed by atoms with van der Waals surface area (Å²) in [6.07, 6.45) is 2.98. The van der Waals surface area contributed by atoms with E-state index in [9.17, 15) is 9.18 Å². The van der Waals surface area contributed by atoms with Crippen LogP contribution in [-0.2, 0) is 13.0 Å². The van der Waals surface area contributed by atoms with Gasteiger partial charge < -0.3 is 15.2 Å². The summed E-state index contributed by atoms with van der Waals surface area (Å²) in [5.74, 6) is -0.237. The monoisotopic (exact) mass is 273 g/mol. The maximum atomic E-state index is 13.3. The lowest BCUT2D eigenvalue weighted by atomic mass is 10.0. The molecule has 2 heterocycles. The van der Waals surface area contributed by atoms with E-state index in [4.69, 9.17) is 0 Å². The van der Waals surface area contributed by atoms with Crippen LogP contribution >= 0.6 is 0 Å². The number of aromatic amines is 1. The van der Waals surface area contributed by atoms with Gasteiger partial charge in [-0.3, -0.25) is 0 Å². The molecule has 0 radical (unpaired) electrons. The van der Waals surface area contributed by atoms with Crippen LogP contribution < -0.4 is 5.32 Å². The predicted molar refractivity (Wildman–Crippen MR) is 73.9 cm³/mol. The first-order valence-corrected chi connectivity index (χ1v) is 7.05. The fourth-order valence-corrected chi connectivity index (χ4v) is 2.86. The SMILES string of the molecule is O=C(NC1CC1)N1CCc2[nH]c3cc(F)ccc3c2C1. The third-order valence-corrected chi connectivity index (χ3v) is 4.13. The summed E-state index contributed by atoms with van der Waals surface area (Å²) in [6, 6.07) is 5.18. The first-order chi connectivity index (χ1) is 9.70. The van der Waals surface area contributed by atoms with E-state index in [1.54, 1.807) is 6.07 Å². The van der Waals surface area contributed by atoms with E-state index in [1.165, 1.54) is 12.1 Å². The van der Waals surface area contributed by atoms with Crippen molar-refractivity contribution < 1.29 is 9.18 Å². The summed E-state index contributed by atoms with van der Waals surface area (Å²) < 4.78 is 13.3. The molecular weight excluding hydrogens is 257 g/mol. The van der Waals surface area contributed by atoms with Gasteiger partial charge in [0.15, 0.2) is 0 Å². The average molecular weight is 273 g/mol. The standard InChI is InChI=1S/C15H16FN3O/c16-9-1-4-11-12-8-19(15(20)17-10-2-3-10)6-5-13(12)18-14(11)7-9/h1,4,7,10,18H,2-3,5-6,8H2,(H,17,20). The number of amides is 2. The normalized spacial score (nSPS) is 18.1. The Bertz CT molecular complexity index is 690. The number of fused-ring (bicyclic) bond motifs is 3. The first kappa shape index (κ1) is 11.8. The number of H-pyrrole nitrogens is 1. The molecular formula is C15H16FN3O. The lowest BCUT2D eigenvalue weighted by Gasteiger charge is -2.27. The lowest BCUT2D eigenvalue weighted by molar-refractivity contribution is 0.192. The van der Waals surface area contributed by atoms with Gasteiger partial charge in [0.2, 0.25) is 0 Å². The molecule has 1 saturated carbocycles. The maximum absolute atomic E-state index is 13.3. The van der Waals surface area contributed by atoms with E-state index in [2.05, 4.69) is 10.3 Å². The second-order valence-corrected chi connectivity index (χ2v) is 5.67. The van der Waals surface area contributed by atoms with Gasteiger partial charge in [0.05, 0.1) is 0 Å². The van der Waals surface area contributed by atoms with Crippen LogP contribution in [0.15, 0.2) is 18.2 Å². The van der Waals surface area contributed by atoms with Gasteiger partial charge in [-0.05, 0) is 31.0 Å². The molecule has 2 N–H and O–H groups in total. The summed E-state index contributed by atoms with van der Waals surface area (Å²) >= 11 is 0. The molecule has 104 valence electrons. The summed E-state index contributed by atoms with van der Waals surface area (Å²) in [6.45, 7) is 1.31. The highest BCUT2D eigenvalue weighted by molar-refractivity contribution is 5.86. The Morgan fingerprint density at radius 2 is 2.25 bits per heavy atom. The highest BCUT2D eigenvalue weighted by Crippen LogP contribution is 2.28. The van der Waals surface area contributed by atoms with E-state index < -0.39 is 0 Å².